The van der Waals surface area contributed by atoms with Gasteiger partial charge in [0.1, 0.15) is 23.9 Å². The lowest BCUT2D eigenvalue weighted by Gasteiger charge is -2.12. The molecular formula is C24H24N6O6. The summed E-state index contributed by atoms with van der Waals surface area (Å²) in [5.41, 5.74) is 5.88. The second-order valence-corrected chi connectivity index (χ2v) is 7.41. The zero-order valence-corrected chi connectivity index (χ0v) is 19.8. The summed E-state index contributed by atoms with van der Waals surface area (Å²) < 4.78 is 23.4. The van der Waals surface area contributed by atoms with E-state index in [4.69, 9.17) is 24.7 Å². The quantitative estimate of drug-likeness (QED) is 0.340. The molecule has 0 atom stereocenters. The summed E-state index contributed by atoms with van der Waals surface area (Å²) in [6, 6.07) is 8.51. The average molecular weight is 492 g/mol. The van der Waals surface area contributed by atoms with E-state index in [-0.39, 0.29) is 23.8 Å². The Balaban J connectivity index is 1.51. The fourth-order valence-electron chi connectivity index (χ4n) is 3.42. The largest absolute Gasteiger partial charge is 0.493 e. The number of benzene rings is 1. The van der Waals surface area contributed by atoms with Gasteiger partial charge in [0.15, 0.2) is 22.9 Å². The number of anilines is 1. The van der Waals surface area contributed by atoms with Crippen LogP contribution in [0, 0.1) is 0 Å². The molecule has 12 heteroatoms. The highest BCUT2D eigenvalue weighted by atomic mass is 16.5. The average Bonchev–Trinajstić information content (AvgIpc) is 3.26. The van der Waals surface area contributed by atoms with Crippen molar-refractivity contribution in [1.29, 1.82) is 0 Å². The van der Waals surface area contributed by atoms with Crippen LogP contribution in [0.3, 0.4) is 0 Å². The van der Waals surface area contributed by atoms with Gasteiger partial charge in [0.05, 0.1) is 38.7 Å². The summed E-state index contributed by atoms with van der Waals surface area (Å²) in [6.07, 6.45) is 4.54. The third-order valence-corrected chi connectivity index (χ3v) is 4.97. The van der Waals surface area contributed by atoms with Gasteiger partial charge in [-0.05, 0) is 31.2 Å². The molecular weight excluding hydrogens is 468 g/mol. The molecule has 0 radical (unpaired) electrons. The summed E-state index contributed by atoms with van der Waals surface area (Å²) >= 11 is 0. The van der Waals surface area contributed by atoms with Crippen molar-refractivity contribution < 1.29 is 28.5 Å². The molecule has 3 heterocycles. The van der Waals surface area contributed by atoms with E-state index in [1.165, 1.54) is 17.1 Å². The maximum Gasteiger partial charge on any atom is 0.281 e. The van der Waals surface area contributed by atoms with Gasteiger partial charge in [0, 0.05) is 17.6 Å². The van der Waals surface area contributed by atoms with Crippen molar-refractivity contribution in [1.82, 2.24) is 19.7 Å². The minimum Gasteiger partial charge on any atom is -0.493 e. The number of ether oxygens (including phenoxy) is 4. The van der Waals surface area contributed by atoms with Gasteiger partial charge in [-0.3, -0.25) is 19.3 Å². The van der Waals surface area contributed by atoms with Crippen molar-refractivity contribution in [2.45, 2.75) is 13.5 Å². The number of pyridine rings is 2. The van der Waals surface area contributed by atoms with Crippen LogP contribution in [-0.4, -0.2) is 52.4 Å². The summed E-state index contributed by atoms with van der Waals surface area (Å²) in [5.74, 6) is 1.44. The number of nitrogens with zero attached hydrogens (tertiary/aromatic N) is 4. The van der Waals surface area contributed by atoms with Crippen LogP contribution in [0.25, 0.3) is 10.9 Å². The van der Waals surface area contributed by atoms with Gasteiger partial charge in [-0.2, -0.15) is 5.10 Å². The number of hydrogen-bond acceptors (Lipinski definition) is 9. The number of carbonyl (C=O) groups excluding carboxylic acids is 2. The number of nitrogens with two attached hydrogens (primary N) is 1. The Morgan fingerprint density at radius 1 is 1.03 bits per heavy atom. The van der Waals surface area contributed by atoms with Crippen molar-refractivity contribution in [2.75, 3.05) is 26.1 Å². The maximum absolute atomic E-state index is 12.8. The lowest BCUT2D eigenvalue weighted by atomic mass is 10.2. The van der Waals surface area contributed by atoms with Gasteiger partial charge >= 0.3 is 0 Å². The van der Waals surface area contributed by atoms with Gasteiger partial charge in [0.2, 0.25) is 5.91 Å². The predicted molar refractivity (Wildman–Crippen MR) is 130 cm³/mol. The molecule has 2 amide bonds. The van der Waals surface area contributed by atoms with E-state index in [0.717, 1.165) is 5.39 Å². The van der Waals surface area contributed by atoms with E-state index in [9.17, 15) is 9.59 Å². The molecule has 0 aliphatic carbocycles. The van der Waals surface area contributed by atoms with E-state index in [0.29, 0.717) is 35.1 Å². The number of methoxy groups -OCH3 is 2. The predicted octanol–water partition coefficient (Wildman–Crippen LogP) is 2.77. The van der Waals surface area contributed by atoms with Crippen molar-refractivity contribution in [3.8, 4) is 28.7 Å². The first-order valence-electron chi connectivity index (χ1n) is 10.9. The molecule has 3 N–H and O–H groups in total. The monoisotopic (exact) mass is 492 g/mol. The van der Waals surface area contributed by atoms with Crippen molar-refractivity contribution in [3.05, 3.63) is 54.6 Å². The van der Waals surface area contributed by atoms with Crippen LogP contribution in [0.2, 0.25) is 0 Å². The number of amides is 2. The van der Waals surface area contributed by atoms with E-state index < -0.39 is 11.8 Å². The second-order valence-electron chi connectivity index (χ2n) is 7.41. The van der Waals surface area contributed by atoms with E-state index in [1.807, 2.05) is 0 Å². The first kappa shape index (κ1) is 24.3. The number of hydrogen-bond donors (Lipinski definition) is 2. The van der Waals surface area contributed by atoms with Gasteiger partial charge in [-0.1, -0.05) is 0 Å². The molecule has 0 bridgehead atoms. The van der Waals surface area contributed by atoms with E-state index >= 15 is 0 Å². The minimum atomic E-state index is -0.593. The number of carbonyl (C=O) groups is 2. The van der Waals surface area contributed by atoms with Crippen LogP contribution in [-0.2, 0) is 11.3 Å². The van der Waals surface area contributed by atoms with Gasteiger partial charge < -0.3 is 30.0 Å². The van der Waals surface area contributed by atoms with Gasteiger partial charge in [-0.15, -0.1) is 0 Å². The topological polar surface area (TPSA) is 153 Å². The molecule has 12 nitrogen and oxygen atoms in total. The molecule has 0 aliphatic heterocycles. The molecule has 3 aromatic heterocycles. The van der Waals surface area contributed by atoms with Crippen molar-refractivity contribution >= 4 is 28.5 Å². The Labute approximate surface area is 205 Å². The first-order chi connectivity index (χ1) is 17.4. The van der Waals surface area contributed by atoms with E-state index in [2.05, 4.69) is 20.4 Å². The SMILES string of the molecule is CCOc1cn(CC(N)=O)nc1C(=O)Nc1ccc(Oc2ccnc3cc(OC)c(OC)cc23)cn1. The number of aromatic nitrogens is 4. The van der Waals surface area contributed by atoms with Gasteiger partial charge in [0.25, 0.3) is 5.91 Å². The summed E-state index contributed by atoms with van der Waals surface area (Å²) in [5, 5.41) is 7.47. The smallest absolute Gasteiger partial charge is 0.281 e. The standard InChI is InChI=1S/C24H24N6O6/c1-4-35-20-12-30(13-21(25)31)29-23(20)24(32)28-22-6-5-14(11-27-22)36-17-7-8-26-16-10-19(34-3)18(33-2)9-15(16)17/h5-12H,4,13H2,1-3H3,(H2,25,31)(H,27,28,32). The van der Waals surface area contributed by atoms with Crippen molar-refractivity contribution in [3.63, 3.8) is 0 Å². The van der Waals surface area contributed by atoms with Crippen LogP contribution in [0.15, 0.2) is 48.9 Å². The number of primary amides is 1. The minimum absolute atomic E-state index is 0.00728. The molecule has 186 valence electrons. The Hall–Kier alpha value is -4.87. The third kappa shape index (κ3) is 5.27. The normalized spacial score (nSPS) is 10.6. The van der Waals surface area contributed by atoms with Crippen LogP contribution in [0.5, 0.6) is 28.7 Å². The van der Waals surface area contributed by atoms with Crippen molar-refractivity contribution in [2.24, 2.45) is 5.73 Å². The lowest BCUT2D eigenvalue weighted by Crippen LogP contribution is -2.20. The number of rotatable bonds is 10. The zero-order valence-electron chi connectivity index (χ0n) is 19.8. The number of nitrogens with one attached hydrogen (secondary N) is 1. The van der Waals surface area contributed by atoms with Crippen LogP contribution >= 0.6 is 0 Å². The summed E-state index contributed by atoms with van der Waals surface area (Å²) in [7, 11) is 3.11. The highest BCUT2D eigenvalue weighted by Crippen LogP contribution is 2.36. The Morgan fingerprint density at radius 3 is 2.47 bits per heavy atom. The first-order valence-corrected chi connectivity index (χ1v) is 10.9. The van der Waals surface area contributed by atoms with Crippen LogP contribution < -0.4 is 30.0 Å². The summed E-state index contributed by atoms with van der Waals surface area (Å²) in [6.45, 7) is 1.90. The molecule has 0 spiro atoms. The molecule has 36 heavy (non-hydrogen) atoms. The highest BCUT2D eigenvalue weighted by molar-refractivity contribution is 6.04. The maximum atomic E-state index is 12.8. The molecule has 1 aromatic carbocycles. The molecule has 0 unspecified atom stereocenters. The molecule has 0 aliphatic rings. The molecule has 0 fully saturated rings. The highest BCUT2D eigenvalue weighted by Gasteiger charge is 2.19. The summed E-state index contributed by atoms with van der Waals surface area (Å²) in [4.78, 5) is 32.6. The Morgan fingerprint density at radius 2 is 1.81 bits per heavy atom. The molecule has 4 aromatic rings. The Kier molecular flexibility index (Phi) is 7.14. The molecule has 0 saturated carbocycles. The molecule has 0 saturated heterocycles. The van der Waals surface area contributed by atoms with E-state index in [1.54, 1.807) is 57.7 Å². The fraction of sp³-hybridized carbons (Fsp3) is 0.208. The third-order valence-electron chi connectivity index (χ3n) is 4.97. The zero-order chi connectivity index (χ0) is 25.7. The van der Waals surface area contributed by atoms with Gasteiger partial charge in [-0.25, -0.2) is 4.98 Å². The lowest BCUT2D eigenvalue weighted by molar-refractivity contribution is -0.118. The molecule has 4 rings (SSSR count). The number of fused-ring (bicyclic) bond motifs is 1. The van der Waals surface area contributed by atoms with Crippen LogP contribution in [0.4, 0.5) is 5.82 Å². The Bertz CT molecular complexity index is 1400. The second kappa shape index (κ2) is 10.6. The fourth-order valence-corrected chi connectivity index (χ4v) is 3.42. The van der Waals surface area contributed by atoms with Crippen LogP contribution in [0.1, 0.15) is 17.4 Å².